The molecule has 2 aromatic rings. The lowest BCUT2D eigenvalue weighted by Gasteiger charge is -2.28. The monoisotopic (exact) mass is 452 g/mol. The lowest BCUT2D eigenvalue weighted by Crippen LogP contribution is -2.42. The van der Waals surface area contributed by atoms with Gasteiger partial charge in [0.15, 0.2) is 5.96 Å². The molecule has 0 radical (unpaired) electrons. The number of nitrogens with zero attached hydrogens (tertiary/aromatic N) is 3. The average Bonchev–Trinajstić information content (AvgIpc) is 2.60. The molecule has 0 saturated heterocycles. The third kappa shape index (κ3) is 6.66. The van der Waals surface area contributed by atoms with E-state index in [1.807, 2.05) is 13.1 Å². The molecular weight excluding hydrogens is 423 g/mol. The summed E-state index contributed by atoms with van der Waals surface area (Å²) in [6, 6.07) is 21.3. The van der Waals surface area contributed by atoms with E-state index in [0.717, 1.165) is 19.0 Å². The summed E-state index contributed by atoms with van der Waals surface area (Å²) in [5, 5.41) is 3.50. The van der Waals surface area contributed by atoms with E-state index in [-0.39, 0.29) is 24.0 Å². The highest BCUT2D eigenvalue weighted by Gasteiger charge is 2.15. The summed E-state index contributed by atoms with van der Waals surface area (Å²) in [5.41, 5.74) is 2.58. The second-order valence-corrected chi connectivity index (χ2v) is 6.16. The van der Waals surface area contributed by atoms with Gasteiger partial charge in [-0.15, -0.1) is 24.0 Å². The minimum atomic E-state index is 0. The number of hydrogen-bond acceptors (Lipinski definition) is 2. The fraction of sp³-hybridized carbons (Fsp3) is 0.350. The van der Waals surface area contributed by atoms with Crippen molar-refractivity contribution in [2.75, 3.05) is 34.7 Å². The fourth-order valence-electron chi connectivity index (χ4n) is 2.78. The number of hydrogen-bond donors (Lipinski definition) is 1. The van der Waals surface area contributed by atoms with E-state index in [4.69, 9.17) is 0 Å². The van der Waals surface area contributed by atoms with Gasteiger partial charge in [0.2, 0.25) is 0 Å². The highest BCUT2D eigenvalue weighted by Crippen LogP contribution is 2.16. The van der Waals surface area contributed by atoms with E-state index in [0.29, 0.717) is 6.04 Å². The third-order valence-corrected chi connectivity index (χ3v) is 4.10. The van der Waals surface area contributed by atoms with E-state index in [2.05, 4.69) is 95.8 Å². The minimum absolute atomic E-state index is 0. The van der Waals surface area contributed by atoms with Crippen LogP contribution in [0.1, 0.15) is 17.2 Å². The topological polar surface area (TPSA) is 30.9 Å². The van der Waals surface area contributed by atoms with Gasteiger partial charge in [0.05, 0.1) is 6.04 Å². The van der Waals surface area contributed by atoms with Crippen molar-refractivity contribution in [3.63, 3.8) is 0 Å². The normalized spacial score (nSPS) is 12.4. The van der Waals surface area contributed by atoms with E-state index in [9.17, 15) is 0 Å². The summed E-state index contributed by atoms with van der Waals surface area (Å²) in [5.74, 6) is 0.904. The Bertz CT molecular complexity index is 629. The molecule has 0 bridgehead atoms. The molecule has 0 spiro atoms. The molecule has 5 heteroatoms. The van der Waals surface area contributed by atoms with Crippen LogP contribution in [0.5, 0.6) is 0 Å². The number of benzene rings is 2. The first-order valence-electron chi connectivity index (χ1n) is 8.29. The molecular formula is C20H29IN4. The van der Waals surface area contributed by atoms with Crippen molar-refractivity contribution < 1.29 is 0 Å². The highest BCUT2D eigenvalue weighted by atomic mass is 127. The van der Waals surface area contributed by atoms with E-state index < -0.39 is 0 Å². The van der Waals surface area contributed by atoms with Crippen molar-refractivity contribution in [1.29, 1.82) is 0 Å². The largest absolute Gasteiger partial charge is 0.354 e. The predicted molar refractivity (Wildman–Crippen MR) is 118 cm³/mol. The number of rotatable bonds is 6. The molecule has 0 amide bonds. The molecule has 4 nitrogen and oxygen atoms in total. The fourth-order valence-corrected chi connectivity index (χ4v) is 2.78. The van der Waals surface area contributed by atoms with Gasteiger partial charge in [0.1, 0.15) is 0 Å². The zero-order valence-corrected chi connectivity index (χ0v) is 17.8. The minimum Gasteiger partial charge on any atom is -0.354 e. The Labute approximate surface area is 169 Å². The number of likely N-dealkylation sites (N-methyl/N-ethyl adjacent to an activating group) is 1. The van der Waals surface area contributed by atoms with Gasteiger partial charge < -0.3 is 15.1 Å². The van der Waals surface area contributed by atoms with Crippen LogP contribution in [0.15, 0.2) is 65.7 Å². The third-order valence-electron chi connectivity index (χ3n) is 4.10. The molecule has 1 N–H and O–H groups in total. The second-order valence-electron chi connectivity index (χ2n) is 6.16. The summed E-state index contributed by atoms with van der Waals surface area (Å²) in [7, 11) is 8.11. The number of guanidine groups is 1. The Morgan fingerprint density at radius 3 is 2.04 bits per heavy atom. The van der Waals surface area contributed by atoms with Crippen LogP contribution in [0, 0.1) is 0 Å². The molecule has 0 aliphatic carbocycles. The summed E-state index contributed by atoms with van der Waals surface area (Å²) in [6.45, 7) is 1.64. The maximum atomic E-state index is 4.42. The molecule has 0 fully saturated rings. The van der Waals surface area contributed by atoms with Crippen LogP contribution in [-0.4, -0.2) is 50.5 Å². The second kappa shape index (κ2) is 11.1. The first-order chi connectivity index (χ1) is 11.6. The Morgan fingerprint density at radius 2 is 1.52 bits per heavy atom. The molecule has 2 rings (SSSR count). The van der Waals surface area contributed by atoms with Gasteiger partial charge in [0.25, 0.3) is 0 Å². The summed E-state index contributed by atoms with van der Waals surface area (Å²) in [6.07, 6.45) is 0. The van der Waals surface area contributed by atoms with Crippen LogP contribution >= 0.6 is 24.0 Å². The first kappa shape index (κ1) is 21.4. The number of aliphatic imine (C=N–C) groups is 1. The van der Waals surface area contributed by atoms with Crippen LogP contribution in [0.2, 0.25) is 0 Å². The lowest BCUT2D eigenvalue weighted by molar-refractivity contribution is 0.295. The summed E-state index contributed by atoms with van der Waals surface area (Å²) >= 11 is 0. The smallest absolute Gasteiger partial charge is 0.193 e. The van der Waals surface area contributed by atoms with Crippen LogP contribution < -0.4 is 5.32 Å². The van der Waals surface area contributed by atoms with Crippen LogP contribution in [0.3, 0.4) is 0 Å². The van der Waals surface area contributed by atoms with Gasteiger partial charge in [-0.05, 0) is 25.2 Å². The van der Waals surface area contributed by atoms with Gasteiger partial charge in [-0.25, -0.2) is 0 Å². The number of nitrogens with one attached hydrogen (secondary N) is 1. The Balaban J connectivity index is 0.00000312. The Kier molecular flexibility index (Phi) is 9.52. The first-order valence-corrected chi connectivity index (χ1v) is 8.29. The standard InChI is InChI=1S/C20H28N4.HI/c1-21-20(24(4)16-17-11-7-5-8-12-17)22-15-19(23(2)3)18-13-9-6-10-14-18;/h5-14,19H,15-16H2,1-4H3,(H,21,22);1H. The van der Waals surface area contributed by atoms with E-state index in [1.165, 1.54) is 11.1 Å². The molecule has 25 heavy (non-hydrogen) atoms. The lowest BCUT2D eigenvalue weighted by atomic mass is 10.1. The van der Waals surface area contributed by atoms with Crippen molar-refractivity contribution in [1.82, 2.24) is 15.1 Å². The molecule has 1 atom stereocenters. The van der Waals surface area contributed by atoms with Crippen LogP contribution in [0.4, 0.5) is 0 Å². The maximum absolute atomic E-state index is 4.42. The van der Waals surface area contributed by atoms with Gasteiger partial charge in [0, 0.05) is 27.2 Å². The average molecular weight is 452 g/mol. The highest BCUT2D eigenvalue weighted by molar-refractivity contribution is 14.0. The van der Waals surface area contributed by atoms with Gasteiger partial charge in [-0.1, -0.05) is 60.7 Å². The van der Waals surface area contributed by atoms with E-state index >= 15 is 0 Å². The molecule has 136 valence electrons. The SMILES string of the molecule is CN=C(NCC(c1ccccc1)N(C)C)N(C)Cc1ccccc1.I. The predicted octanol–water partition coefficient (Wildman–Crippen LogP) is 3.61. The van der Waals surface area contributed by atoms with Gasteiger partial charge in [-0.3, -0.25) is 4.99 Å². The van der Waals surface area contributed by atoms with E-state index in [1.54, 1.807) is 0 Å². The maximum Gasteiger partial charge on any atom is 0.193 e. The quantitative estimate of drug-likeness (QED) is 0.413. The molecule has 2 aromatic carbocycles. The molecule has 0 aliphatic rings. The molecule has 0 saturated carbocycles. The summed E-state index contributed by atoms with van der Waals surface area (Å²) in [4.78, 5) is 8.80. The molecule has 0 aromatic heterocycles. The Hall–Kier alpha value is -1.60. The molecule has 0 aliphatic heterocycles. The van der Waals surface area contributed by atoms with Gasteiger partial charge in [-0.2, -0.15) is 0 Å². The molecule has 1 unspecified atom stereocenters. The van der Waals surface area contributed by atoms with Gasteiger partial charge >= 0.3 is 0 Å². The van der Waals surface area contributed by atoms with Crippen molar-refractivity contribution in [3.05, 3.63) is 71.8 Å². The van der Waals surface area contributed by atoms with Crippen molar-refractivity contribution in [3.8, 4) is 0 Å². The Morgan fingerprint density at radius 1 is 0.960 bits per heavy atom. The molecule has 0 heterocycles. The zero-order valence-electron chi connectivity index (χ0n) is 15.5. The number of halogens is 1. The zero-order chi connectivity index (χ0) is 17.4. The van der Waals surface area contributed by atoms with Crippen molar-refractivity contribution >= 4 is 29.9 Å². The van der Waals surface area contributed by atoms with Crippen LogP contribution in [-0.2, 0) is 6.54 Å². The van der Waals surface area contributed by atoms with Crippen LogP contribution in [0.25, 0.3) is 0 Å². The van der Waals surface area contributed by atoms with Crippen molar-refractivity contribution in [2.45, 2.75) is 12.6 Å². The van der Waals surface area contributed by atoms with Crippen molar-refractivity contribution in [2.24, 2.45) is 4.99 Å². The summed E-state index contributed by atoms with van der Waals surface area (Å²) < 4.78 is 0.